The Balaban J connectivity index is 1.99. The first-order valence-corrected chi connectivity index (χ1v) is 6.52. The lowest BCUT2D eigenvalue weighted by Gasteiger charge is -2.00. The summed E-state index contributed by atoms with van der Waals surface area (Å²) in [4.78, 5) is 17.5. The van der Waals surface area contributed by atoms with Crippen molar-refractivity contribution in [3.05, 3.63) is 57.0 Å². The molecular weight excluding hydrogens is 265 g/mol. The van der Waals surface area contributed by atoms with Gasteiger partial charge >= 0.3 is 5.97 Å². The first-order valence-electron chi connectivity index (χ1n) is 5.71. The number of ether oxygens (including phenoxy) is 1. The van der Waals surface area contributed by atoms with E-state index >= 15 is 0 Å². The number of rotatable bonds is 2. The van der Waals surface area contributed by atoms with Crippen molar-refractivity contribution in [1.29, 1.82) is 0 Å². The summed E-state index contributed by atoms with van der Waals surface area (Å²) < 4.78 is 17.6. The highest BCUT2D eigenvalue weighted by atomic mass is 32.1. The summed E-state index contributed by atoms with van der Waals surface area (Å²) in [6, 6.07) is 8.02. The molecule has 0 atom stereocenters. The van der Waals surface area contributed by atoms with Crippen LogP contribution in [-0.2, 0) is 11.3 Å². The van der Waals surface area contributed by atoms with Crippen molar-refractivity contribution in [1.82, 2.24) is 0 Å². The predicted molar refractivity (Wildman–Crippen MR) is 71.4 cm³/mol. The number of fused-ring (bicyclic) bond motifs is 1. The Bertz CT molecular complexity index is 673. The van der Waals surface area contributed by atoms with Crippen molar-refractivity contribution in [3.8, 4) is 0 Å². The molecule has 1 aliphatic heterocycles. The monoisotopic (exact) mass is 275 g/mol. The quantitative estimate of drug-likeness (QED) is 0.790. The number of benzene rings is 1. The van der Waals surface area contributed by atoms with Gasteiger partial charge in [0.05, 0.1) is 24.2 Å². The largest absolute Gasteiger partial charge is 0.465 e. The highest BCUT2D eigenvalue weighted by Gasteiger charge is 2.23. The third kappa shape index (κ3) is 2.06. The Morgan fingerprint density at radius 1 is 1.37 bits per heavy atom. The van der Waals surface area contributed by atoms with Gasteiger partial charge in [0.1, 0.15) is 10.7 Å². The third-order valence-electron chi connectivity index (χ3n) is 2.94. The minimum atomic E-state index is -0.335. The Morgan fingerprint density at radius 2 is 2.11 bits per heavy atom. The molecule has 0 saturated heterocycles. The number of carbonyl (C=O) groups excluding carboxylic acids is 1. The first kappa shape index (κ1) is 12.0. The topological polar surface area (TPSA) is 38.7 Å². The molecule has 0 radical (unpaired) electrons. The number of hydrogen-bond donors (Lipinski definition) is 0. The van der Waals surface area contributed by atoms with Crippen LogP contribution in [0.2, 0.25) is 0 Å². The first-order chi connectivity index (χ1) is 9.19. The zero-order valence-electron chi connectivity index (χ0n) is 10.1. The summed E-state index contributed by atoms with van der Waals surface area (Å²) in [5.74, 6) is -0.609. The van der Waals surface area contributed by atoms with Crippen LogP contribution in [0.4, 0.5) is 4.39 Å². The van der Waals surface area contributed by atoms with E-state index in [9.17, 15) is 9.18 Å². The van der Waals surface area contributed by atoms with Gasteiger partial charge in [-0.3, -0.25) is 4.99 Å². The molecule has 1 aromatic heterocycles. The van der Waals surface area contributed by atoms with Gasteiger partial charge in [-0.15, -0.1) is 11.3 Å². The van der Waals surface area contributed by atoms with Crippen molar-refractivity contribution in [2.24, 2.45) is 4.99 Å². The number of hydrogen-bond acceptors (Lipinski definition) is 4. The van der Waals surface area contributed by atoms with E-state index < -0.39 is 0 Å². The number of carbonyl (C=O) groups is 1. The van der Waals surface area contributed by atoms with Crippen molar-refractivity contribution in [2.75, 3.05) is 7.11 Å². The number of nitrogens with zero attached hydrogens (tertiary/aromatic N) is 1. The van der Waals surface area contributed by atoms with Crippen LogP contribution in [0.25, 0.3) is 0 Å². The third-order valence-corrected chi connectivity index (χ3v) is 4.10. The summed E-state index contributed by atoms with van der Waals surface area (Å²) in [6.07, 6.45) is 0. The Labute approximate surface area is 113 Å². The van der Waals surface area contributed by atoms with E-state index in [1.165, 1.54) is 30.6 Å². The smallest absolute Gasteiger partial charge is 0.348 e. The van der Waals surface area contributed by atoms with Crippen LogP contribution in [0.1, 0.15) is 25.7 Å². The lowest BCUT2D eigenvalue weighted by molar-refractivity contribution is 0.0606. The van der Waals surface area contributed by atoms with E-state index in [0.29, 0.717) is 11.4 Å². The maximum Gasteiger partial charge on any atom is 0.348 e. The fraction of sp³-hybridized carbons (Fsp3) is 0.143. The summed E-state index contributed by atoms with van der Waals surface area (Å²) >= 11 is 1.36. The van der Waals surface area contributed by atoms with Crippen LogP contribution >= 0.6 is 11.3 Å². The second kappa shape index (κ2) is 4.59. The molecule has 0 amide bonds. The molecule has 5 heteroatoms. The van der Waals surface area contributed by atoms with Crippen LogP contribution in [0.15, 0.2) is 35.3 Å². The van der Waals surface area contributed by atoms with E-state index in [2.05, 4.69) is 4.99 Å². The SMILES string of the molecule is COC(=O)c1cc2c(s1)C(c1ccc(F)cc1)=NC2. The molecule has 1 aromatic carbocycles. The minimum absolute atomic E-state index is 0.274. The molecule has 2 aromatic rings. The summed E-state index contributed by atoms with van der Waals surface area (Å²) in [5.41, 5.74) is 2.69. The van der Waals surface area contributed by atoms with Crippen molar-refractivity contribution < 1.29 is 13.9 Å². The normalized spacial score (nSPS) is 13.1. The molecular formula is C14H10FNO2S. The highest BCUT2D eigenvalue weighted by Crippen LogP contribution is 2.31. The lowest BCUT2D eigenvalue weighted by Crippen LogP contribution is -1.99. The van der Waals surface area contributed by atoms with E-state index in [-0.39, 0.29) is 11.8 Å². The van der Waals surface area contributed by atoms with Crippen LogP contribution in [0.5, 0.6) is 0 Å². The predicted octanol–water partition coefficient (Wildman–Crippen LogP) is 3.02. The molecule has 96 valence electrons. The Hall–Kier alpha value is -2.01. The summed E-state index contributed by atoms with van der Waals surface area (Å²) in [6.45, 7) is 0.551. The zero-order chi connectivity index (χ0) is 13.4. The van der Waals surface area contributed by atoms with Gasteiger partial charge in [0.2, 0.25) is 0 Å². The Morgan fingerprint density at radius 3 is 2.79 bits per heavy atom. The maximum absolute atomic E-state index is 12.9. The second-order valence-corrected chi connectivity index (χ2v) is 5.18. The molecule has 0 saturated carbocycles. The molecule has 0 fully saturated rings. The van der Waals surface area contributed by atoms with E-state index in [1.807, 2.05) is 6.07 Å². The number of halogens is 1. The number of methoxy groups -OCH3 is 1. The van der Waals surface area contributed by atoms with Crippen LogP contribution in [0, 0.1) is 5.82 Å². The van der Waals surface area contributed by atoms with Gasteiger partial charge in [-0.25, -0.2) is 9.18 Å². The molecule has 19 heavy (non-hydrogen) atoms. The summed E-state index contributed by atoms with van der Waals surface area (Å²) in [5, 5.41) is 0. The molecule has 3 nitrogen and oxygen atoms in total. The van der Waals surface area contributed by atoms with Gasteiger partial charge in [0.25, 0.3) is 0 Å². The zero-order valence-corrected chi connectivity index (χ0v) is 11.0. The molecule has 3 rings (SSSR count). The van der Waals surface area contributed by atoms with Crippen LogP contribution in [0.3, 0.4) is 0 Å². The summed E-state index contributed by atoms with van der Waals surface area (Å²) in [7, 11) is 1.36. The van der Waals surface area contributed by atoms with Gasteiger partial charge in [-0.2, -0.15) is 0 Å². The number of thiophene rings is 1. The van der Waals surface area contributed by atoms with Crippen molar-refractivity contribution in [2.45, 2.75) is 6.54 Å². The van der Waals surface area contributed by atoms with Gasteiger partial charge in [-0.1, -0.05) is 0 Å². The van der Waals surface area contributed by atoms with Crippen LogP contribution < -0.4 is 0 Å². The number of esters is 1. The average Bonchev–Trinajstić information content (AvgIpc) is 2.99. The maximum atomic E-state index is 12.9. The molecule has 0 spiro atoms. The van der Waals surface area contributed by atoms with Gasteiger partial charge in [-0.05, 0) is 35.9 Å². The van der Waals surface area contributed by atoms with Gasteiger partial charge in [0, 0.05) is 5.56 Å². The molecule has 0 unspecified atom stereocenters. The lowest BCUT2D eigenvalue weighted by atomic mass is 10.1. The highest BCUT2D eigenvalue weighted by molar-refractivity contribution is 7.16. The van der Waals surface area contributed by atoms with E-state index in [0.717, 1.165) is 21.7 Å². The van der Waals surface area contributed by atoms with E-state index in [4.69, 9.17) is 4.74 Å². The van der Waals surface area contributed by atoms with Gasteiger partial charge < -0.3 is 4.74 Å². The Kier molecular flexibility index (Phi) is 2.91. The van der Waals surface area contributed by atoms with Crippen LogP contribution in [-0.4, -0.2) is 18.8 Å². The van der Waals surface area contributed by atoms with Crippen molar-refractivity contribution in [3.63, 3.8) is 0 Å². The molecule has 0 N–H and O–H groups in total. The number of aliphatic imine (C=N–C) groups is 1. The van der Waals surface area contributed by atoms with E-state index in [1.54, 1.807) is 12.1 Å². The average molecular weight is 275 g/mol. The minimum Gasteiger partial charge on any atom is -0.465 e. The fourth-order valence-electron chi connectivity index (χ4n) is 2.01. The second-order valence-electron chi connectivity index (χ2n) is 4.13. The standard InChI is InChI=1S/C14H10FNO2S/c1-18-14(17)11-6-9-7-16-12(13(9)19-11)8-2-4-10(15)5-3-8/h2-6H,7H2,1H3. The fourth-order valence-corrected chi connectivity index (χ4v) is 3.14. The molecule has 0 bridgehead atoms. The van der Waals surface area contributed by atoms with Crippen molar-refractivity contribution >= 4 is 23.0 Å². The van der Waals surface area contributed by atoms with Gasteiger partial charge in [0.15, 0.2) is 0 Å². The molecule has 0 aliphatic carbocycles. The molecule has 2 heterocycles. The molecule has 1 aliphatic rings.